The molecule has 0 N–H and O–H groups in total. The Kier molecular flexibility index (Phi) is 7.76. The third-order valence-electron chi connectivity index (χ3n) is 5.87. The van der Waals surface area contributed by atoms with Gasteiger partial charge in [-0.2, -0.15) is 10.5 Å². The van der Waals surface area contributed by atoms with Gasteiger partial charge in [0.25, 0.3) is 0 Å². The van der Waals surface area contributed by atoms with Crippen molar-refractivity contribution in [3.63, 3.8) is 0 Å². The summed E-state index contributed by atoms with van der Waals surface area (Å²) < 4.78 is 13.1. The maximum absolute atomic E-state index is 9.22. The highest BCUT2D eigenvalue weighted by molar-refractivity contribution is 14.1. The van der Waals surface area contributed by atoms with E-state index in [-0.39, 0.29) is 11.2 Å². The van der Waals surface area contributed by atoms with Crippen LogP contribution >= 0.6 is 22.6 Å². The molecule has 0 saturated carbocycles. The van der Waals surface area contributed by atoms with Crippen molar-refractivity contribution in [3.8, 4) is 12.1 Å². The number of nitriles is 2. The van der Waals surface area contributed by atoms with Crippen LogP contribution in [0.5, 0.6) is 0 Å². The van der Waals surface area contributed by atoms with Crippen LogP contribution in [0.1, 0.15) is 66.8 Å². The number of hydrogen-bond acceptors (Lipinski definition) is 6. The number of hydrogen-bond donors (Lipinski definition) is 0. The van der Waals surface area contributed by atoms with Crippen LogP contribution in [0.4, 0.5) is 0 Å². The standard InChI is InChI=1S/C15H21BN2O2.C9H9IN2/c1-13(2,10-17)12-9-11(7-8-18-12)16-19-14(3,4)15(5,6)20-16;1-9(2,6-11)8-5-7(10)3-4-12-8/h7-9H,1-6H3;3-5H,1-2H3. The summed E-state index contributed by atoms with van der Waals surface area (Å²) in [4.78, 5) is 8.45. The van der Waals surface area contributed by atoms with Crippen LogP contribution in [0.15, 0.2) is 36.7 Å². The normalized spacial score (nSPS) is 17.0. The lowest BCUT2D eigenvalue weighted by atomic mass is 9.77. The highest BCUT2D eigenvalue weighted by Gasteiger charge is 2.51. The van der Waals surface area contributed by atoms with E-state index in [9.17, 15) is 5.26 Å². The van der Waals surface area contributed by atoms with Crippen LogP contribution in [0, 0.1) is 26.2 Å². The fourth-order valence-corrected chi connectivity index (χ4v) is 3.23. The predicted octanol–water partition coefficient (Wildman–Crippen LogP) is 4.67. The van der Waals surface area contributed by atoms with Gasteiger partial charge in [0.05, 0.1) is 45.6 Å². The lowest BCUT2D eigenvalue weighted by Crippen LogP contribution is -2.41. The summed E-state index contributed by atoms with van der Waals surface area (Å²) >= 11 is 2.21. The van der Waals surface area contributed by atoms with E-state index in [0.717, 1.165) is 20.4 Å². The Morgan fingerprint density at radius 1 is 0.844 bits per heavy atom. The first-order chi connectivity index (χ1) is 14.6. The van der Waals surface area contributed by atoms with Crippen molar-refractivity contribution in [2.24, 2.45) is 0 Å². The number of aromatic nitrogens is 2. The first-order valence-electron chi connectivity index (χ1n) is 10.4. The van der Waals surface area contributed by atoms with E-state index in [1.165, 1.54) is 0 Å². The minimum atomic E-state index is -0.625. The Labute approximate surface area is 205 Å². The molecule has 1 fully saturated rings. The molecule has 1 saturated heterocycles. The molecule has 168 valence electrons. The molecular formula is C24H30BIN4O2. The van der Waals surface area contributed by atoms with Gasteiger partial charge in [-0.15, -0.1) is 0 Å². The Morgan fingerprint density at radius 3 is 1.72 bits per heavy atom. The lowest BCUT2D eigenvalue weighted by Gasteiger charge is -2.32. The van der Waals surface area contributed by atoms with Crippen molar-refractivity contribution in [1.82, 2.24) is 9.97 Å². The molecule has 0 bridgehead atoms. The van der Waals surface area contributed by atoms with Crippen molar-refractivity contribution in [2.75, 3.05) is 0 Å². The molecule has 0 aliphatic carbocycles. The Bertz CT molecular complexity index is 1040. The summed E-state index contributed by atoms with van der Waals surface area (Å²) in [6.07, 6.45) is 3.44. The van der Waals surface area contributed by atoms with Crippen LogP contribution < -0.4 is 5.46 Å². The van der Waals surface area contributed by atoms with E-state index in [1.807, 2.05) is 79.7 Å². The Morgan fingerprint density at radius 2 is 1.28 bits per heavy atom. The summed E-state index contributed by atoms with van der Waals surface area (Å²) in [6, 6.07) is 12.1. The summed E-state index contributed by atoms with van der Waals surface area (Å²) in [5.74, 6) is 0. The van der Waals surface area contributed by atoms with Gasteiger partial charge < -0.3 is 9.31 Å². The van der Waals surface area contributed by atoms with Crippen molar-refractivity contribution in [1.29, 1.82) is 10.5 Å². The van der Waals surface area contributed by atoms with Crippen molar-refractivity contribution < 1.29 is 9.31 Å². The van der Waals surface area contributed by atoms with Gasteiger partial charge >= 0.3 is 7.12 Å². The van der Waals surface area contributed by atoms with Gasteiger partial charge in [0, 0.05) is 16.0 Å². The molecule has 3 heterocycles. The molecule has 2 aromatic heterocycles. The van der Waals surface area contributed by atoms with Gasteiger partial charge in [0.2, 0.25) is 0 Å². The molecule has 2 aromatic rings. The summed E-state index contributed by atoms with van der Waals surface area (Å²) in [6.45, 7) is 15.5. The zero-order valence-corrected chi connectivity index (χ0v) is 22.2. The largest absolute Gasteiger partial charge is 0.494 e. The summed E-state index contributed by atoms with van der Waals surface area (Å²) in [5, 5.41) is 18.1. The molecule has 0 radical (unpaired) electrons. The van der Waals surface area contributed by atoms with Crippen molar-refractivity contribution >= 4 is 35.2 Å². The molecule has 8 heteroatoms. The third-order valence-corrected chi connectivity index (χ3v) is 6.54. The first kappa shape index (κ1) is 26.2. The fraction of sp³-hybridized carbons (Fsp3) is 0.500. The van der Waals surface area contributed by atoms with Gasteiger partial charge in [-0.1, -0.05) is 0 Å². The number of nitrogens with zero attached hydrogens (tertiary/aromatic N) is 4. The third kappa shape index (κ3) is 5.86. The molecule has 0 atom stereocenters. The maximum atomic E-state index is 9.22. The molecular weight excluding hydrogens is 514 g/mol. The molecule has 0 amide bonds. The van der Waals surface area contributed by atoms with Crippen LogP contribution in [-0.4, -0.2) is 28.3 Å². The molecule has 0 aromatic carbocycles. The van der Waals surface area contributed by atoms with Gasteiger partial charge in [0.15, 0.2) is 0 Å². The SMILES string of the molecule is CC(C)(C#N)c1cc(B2OC(C)(C)C(C)(C)O2)ccn1.CC(C)(C#N)c1cc(I)ccn1. The van der Waals surface area contributed by atoms with Crippen LogP contribution in [0.3, 0.4) is 0 Å². The highest BCUT2D eigenvalue weighted by atomic mass is 127. The summed E-state index contributed by atoms with van der Waals surface area (Å²) in [5.41, 5.74) is 0.611. The van der Waals surface area contributed by atoms with Gasteiger partial charge in [0.1, 0.15) is 0 Å². The van der Waals surface area contributed by atoms with E-state index in [2.05, 4.69) is 44.7 Å². The quantitative estimate of drug-likeness (QED) is 0.412. The van der Waals surface area contributed by atoms with E-state index in [4.69, 9.17) is 14.6 Å². The number of pyridine rings is 2. The molecule has 0 spiro atoms. The second kappa shape index (κ2) is 9.47. The molecule has 1 aliphatic rings. The highest BCUT2D eigenvalue weighted by Crippen LogP contribution is 2.36. The van der Waals surface area contributed by atoms with Crippen LogP contribution in [0.2, 0.25) is 0 Å². The Balaban J connectivity index is 0.000000258. The molecule has 32 heavy (non-hydrogen) atoms. The lowest BCUT2D eigenvalue weighted by molar-refractivity contribution is 0.00578. The van der Waals surface area contributed by atoms with E-state index in [0.29, 0.717) is 0 Å². The average Bonchev–Trinajstić information content (AvgIpc) is 2.96. The smallest absolute Gasteiger partial charge is 0.399 e. The zero-order valence-electron chi connectivity index (χ0n) is 20.0. The van der Waals surface area contributed by atoms with Crippen LogP contribution in [0.25, 0.3) is 0 Å². The molecule has 3 rings (SSSR count). The molecule has 1 aliphatic heterocycles. The topological polar surface area (TPSA) is 91.8 Å². The summed E-state index contributed by atoms with van der Waals surface area (Å²) in [7, 11) is -0.420. The number of halogens is 1. The van der Waals surface area contributed by atoms with Crippen molar-refractivity contribution in [2.45, 2.75) is 77.4 Å². The minimum absolute atomic E-state index is 0.369. The number of rotatable bonds is 3. The van der Waals surface area contributed by atoms with E-state index >= 15 is 0 Å². The van der Waals surface area contributed by atoms with Gasteiger partial charge in [-0.05, 0) is 108 Å². The average molecular weight is 544 g/mol. The Hall–Kier alpha value is -2.01. The molecule has 6 nitrogen and oxygen atoms in total. The second-order valence-electron chi connectivity index (χ2n) is 9.90. The van der Waals surface area contributed by atoms with Gasteiger partial charge in [-0.3, -0.25) is 9.97 Å². The maximum Gasteiger partial charge on any atom is 0.494 e. The predicted molar refractivity (Wildman–Crippen MR) is 134 cm³/mol. The van der Waals surface area contributed by atoms with Gasteiger partial charge in [-0.25, -0.2) is 0 Å². The first-order valence-corrected chi connectivity index (χ1v) is 11.5. The fourth-order valence-electron chi connectivity index (χ4n) is 2.78. The monoisotopic (exact) mass is 544 g/mol. The zero-order chi connectivity index (χ0) is 24.4. The second-order valence-corrected chi connectivity index (χ2v) is 11.1. The van der Waals surface area contributed by atoms with Crippen molar-refractivity contribution in [3.05, 3.63) is 51.6 Å². The molecule has 0 unspecified atom stereocenters. The minimum Gasteiger partial charge on any atom is -0.399 e. The van der Waals surface area contributed by atoms with E-state index in [1.54, 1.807) is 12.4 Å². The van der Waals surface area contributed by atoms with Crippen LogP contribution in [-0.2, 0) is 20.1 Å². The van der Waals surface area contributed by atoms with E-state index < -0.39 is 17.9 Å².